The van der Waals surface area contributed by atoms with Crippen LogP contribution in [0, 0.1) is 11.8 Å². The summed E-state index contributed by atoms with van der Waals surface area (Å²) in [6, 6.07) is 0. The van der Waals surface area contributed by atoms with E-state index in [1.165, 1.54) is 0 Å². The second-order valence-corrected chi connectivity index (χ2v) is 4.34. The summed E-state index contributed by atoms with van der Waals surface area (Å²) in [6.45, 7) is 5.25. The Kier molecular flexibility index (Phi) is 3.20. The Bertz CT molecular complexity index is 205. The summed E-state index contributed by atoms with van der Waals surface area (Å²) in [5, 5.41) is 9.63. The number of hydrogen-bond donors (Lipinski definition) is 1. The highest BCUT2D eigenvalue weighted by Gasteiger charge is 2.64. The maximum Gasteiger partial charge on any atom is 0.244 e. The number of aliphatic hydroxyl groups is 1. The van der Waals surface area contributed by atoms with Crippen molar-refractivity contribution in [2.45, 2.75) is 58.0 Å². The first kappa shape index (κ1) is 11.9. The van der Waals surface area contributed by atoms with Crippen LogP contribution in [0.2, 0.25) is 0 Å². The van der Waals surface area contributed by atoms with Gasteiger partial charge >= 0.3 is 0 Å². The molecule has 1 nitrogen and oxygen atoms in total. The molecule has 0 aromatic rings. The zero-order chi connectivity index (χ0) is 11.0. The highest BCUT2D eigenvalue weighted by molar-refractivity contribution is 5.07. The molecule has 4 atom stereocenters. The fourth-order valence-electron chi connectivity index (χ4n) is 2.78. The van der Waals surface area contributed by atoms with Crippen LogP contribution in [0.25, 0.3) is 0 Å². The number of rotatable bonds is 3. The monoisotopic (exact) mass is 206 g/mol. The molecule has 0 aromatic heterocycles. The molecule has 0 spiro atoms. The summed E-state index contributed by atoms with van der Waals surface area (Å²) in [6.07, 6.45) is 1.60. The molecule has 1 aliphatic rings. The summed E-state index contributed by atoms with van der Waals surface area (Å²) >= 11 is 0. The normalized spacial score (nSPS) is 48.4. The van der Waals surface area contributed by atoms with E-state index in [2.05, 4.69) is 0 Å². The van der Waals surface area contributed by atoms with Crippen LogP contribution in [0.5, 0.6) is 0 Å². The first-order valence-electron chi connectivity index (χ1n) is 5.54. The van der Waals surface area contributed by atoms with Gasteiger partial charge in [-0.3, -0.25) is 0 Å². The fraction of sp³-hybridized carbons (Fsp3) is 1.00. The van der Waals surface area contributed by atoms with Gasteiger partial charge in [0.2, 0.25) is 5.85 Å². The predicted octanol–water partition coefficient (Wildman–Crippen LogP) is 3.22. The third-order valence-corrected chi connectivity index (χ3v) is 3.84. The van der Waals surface area contributed by atoms with Gasteiger partial charge in [0.1, 0.15) is 0 Å². The Balaban J connectivity index is 2.99. The van der Waals surface area contributed by atoms with Gasteiger partial charge in [-0.15, -0.1) is 0 Å². The van der Waals surface area contributed by atoms with Crippen LogP contribution in [0.3, 0.4) is 0 Å². The first-order valence-corrected chi connectivity index (χ1v) is 5.54. The van der Waals surface area contributed by atoms with Gasteiger partial charge in [0.05, 0.1) is 0 Å². The lowest BCUT2D eigenvalue weighted by Crippen LogP contribution is -2.49. The fourth-order valence-corrected chi connectivity index (χ4v) is 2.78. The Morgan fingerprint density at radius 1 is 1.14 bits per heavy atom. The van der Waals surface area contributed by atoms with Crippen LogP contribution in [0.1, 0.15) is 46.5 Å². The molecule has 4 unspecified atom stereocenters. The van der Waals surface area contributed by atoms with E-state index in [4.69, 9.17) is 0 Å². The molecule has 0 saturated heterocycles. The highest BCUT2D eigenvalue weighted by atomic mass is 19.2. The average molecular weight is 206 g/mol. The minimum absolute atomic E-state index is 0.0506. The predicted molar refractivity (Wildman–Crippen MR) is 52.4 cm³/mol. The molecule has 0 aromatic carbocycles. The quantitative estimate of drug-likeness (QED) is 0.751. The molecule has 3 heteroatoms. The molecule has 1 aliphatic carbocycles. The molecule has 1 N–H and O–H groups in total. The lowest BCUT2D eigenvalue weighted by molar-refractivity contribution is -0.211. The van der Waals surface area contributed by atoms with Gasteiger partial charge in [0.15, 0.2) is 5.67 Å². The molecule has 14 heavy (non-hydrogen) atoms. The van der Waals surface area contributed by atoms with Crippen LogP contribution in [-0.2, 0) is 0 Å². The molecular weight excluding hydrogens is 186 g/mol. The molecule has 0 heterocycles. The van der Waals surface area contributed by atoms with E-state index in [-0.39, 0.29) is 12.3 Å². The smallest absolute Gasteiger partial charge is 0.244 e. The third-order valence-electron chi connectivity index (χ3n) is 3.84. The number of halogens is 2. The highest BCUT2D eigenvalue weighted by Crippen LogP contribution is 2.54. The molecule has 1 saturated carbocycles. The maximum atomic E-state index is 14.3. The zero-order valence-electron chi connectivity index (χ0n) is 9.19. The third kappa shape index (κ3) is 1.37. The number of alkyl halides is 2. The van der Waals surface area contributed by atoms with Crippen LogP contribution >= 0.6 is 0 Å². The van der Waals surface area contributed by atoms with Crippen molar-refractivity contribution in [1.29, 1.82) is 0 Å². The van der Waals surface area contributed by atoms with Crippen molar-refractivity contribution < 1.29 is 13.9 Å². The van der Waals surface area contributed by atoms with Gasteiger partial charge < -0.3 is 5.11 Å². The van der Waals surface area contributed by atoms with Gasteiger partial charge in [0.25, 0.3) is 0 Å². The molecule has 0 aliphatic heterocycles. The Morgan fingerprint density at radius 2 is 1.64 bits per heavy atom. The van der Waals surface area contributed by atoms with Gasteiger partial charge in [0, 0.05) is 5.92 Å². The number of hydrogen-bond acceptors (Lipinski definition) is 1. The Hall–Kier alpha value is -0.180. The summed E-state index contributed by atoms with van der Waals surface area (Å²) < 4.78 is 28.2. The van der Waals surface area contributed by atoms with E-state index in [0.29, 0.717) is 19.3 Å². The summed E-state index contributed by atoms with van der Waals surface area (Å²) in [5.74, 6) is -3.51. The largest absolute Gasteiger partial charge is 0.359 e. The molecule has 0 bridgehead atoms. The van der Waals surface area contributed by atoms with Crippen molar-refractivity contribution in [3.8, 4) is 0 Å². The van der Waals surface area contributed by atoms with Crippen molar-refractivity contribution in [3.63, 3.8) is 0 Å². The second-order valence-electron chi connectivity index (χ2n) is 4.34. The second kappa shape index (κ2) is 3.76. The van der Waals surface area contributed by atoms with Crippen molar-refractivity contribution in [2.24, 2.45) is 11.8 Å². The van der Waals surface area contributed by atoms with Crippen molar-refractivity contribution in [3.05, 3.63) is 0 Å². The van der Waals surface area contributed by atoms with E-state index < -0.39 is 17.4 Å². The van der Waals surface area contributed by atoms with E-state index >= 15 is 0 Å². The van der Waals surface area contributed by atoms with E-state index in [1.807, 2.05) is 6.92 Å². The molecule has 1 rings (SSSR count). The lowest BCUT2D eigenvalue weighted by Gasteiger charge is -2.34. The summed E-state index contributed by atoms with van der Waals surface area (Å²) in [4.78, 5) is 0. The maximum absolute atomic E-state index is 14.3. The minimum atomic E-state index is -2.63. The van der Waals surface area contributed by atoms with Crippen molar-refractivity contribution in [2.75, 3.05) is 0 Å². The van der Waals surface area contributed by atoms with Crippen LogP contribution in [0.4, 0.5) is 8.78 Å². The molecule has 1 fully saturated rings. The van der Waals surface area contributed by atoms with E-state index in [9.17, 15) is 13.9 Å². The zero-order valence-corrected chi connectivity index (χ0v) is 9.19. The molecule has 0 radical (unpaired) electrons. The molecular formula is C11H20F2O. The lowest BCUT2D eigenvalue weighted by atomic mass is 9.85. The van der Waals surface area contributed by atoms with E-state index in [0.717, 1.165) is 0 Å². The van der Waals surface area contributed by atoms with Crippen LogP contribution in [0.15, 0.2) is 0 Å². The first-order chi connectivity index (χ1) is 6.44. The Labute approximate surface area is 84.5 Å². The van der Waals surface area contributed by atoms with Crippen LogP contribution in [-0.4, -0.2) is 16.6 Å². The average Bonchev–Trinajstić information content (AvgIpc) is 2.36. The standard InChI is InChI=1S/C11H20F2O/c1-4-8-7-9(5-2)11(13,14)10(8,12)6-3/h8-9,14H,4-7H2,1-3H3. The van der Waals surface area contributed by atoms with Crippen LogP contribution < -0.4 is 0 Å². The van der Waals surface area contributed by atoms with Crippen molar-refractivity contribution in [1.82, 2.24) is 0 Å². The molecule has 84 valence electrons. The summed E-state index contributed by atoms with van der Waals surface area (Å²) in [7, 11) is 0. The molecule has 0 amide bonds. The minimum Gasteiger partial charge on any atom is -0.359 e. The Morgan fingerprint density at radius 3 is 1.93 bits per heavy atom. The van der Waals surface area contributed by atoms with Gasteiger partial charge in [-0.05, 0) is 25.2 Å². The summed E-state index contributed by atoms with van der Waals surface area (Å²) in [5.41, 5.74) is -2.04. The van der Waals surface area contributed by atoms with Gasteiger partial charge in [-0.25, -0.2) is 8.78 Å². The SMILES string of the molecule is CCC1CC(CC)C(F)(CC)C1(O)F. The van der Waals surface area contributed by atoms with Crippen molar-refractivity contribution >= 4 is 0 Å². The topological polar surface area (TPSA) is 20.2 Å². The van der Waals surface area contributed by atoms with Gasteiger partial charge in [-0.1, -0.05) is 27.2 Å². The van der Waals surface area contributed by atoms with E-state index in [1.54, 1.807) is 13.8 Å². The van der Waals surface area contributed by atoms with Gasteiger partial charge in [-0.2, -0.15) is 0 Å².